The van der Waals surface area contributed by atoms with Crippen LogP contribution in [-0.4, -0.2) is 16.4 Å². The molecule has 0 radical (unpaired) electrons. The van der Waals surface area contributed by atoms with Crippen molar-refractivity contribution >= 4 is 11.6 Å². The molecule has 0 aliphatic heterocycles. The van der Waals surface area contributed by atoms with Crippen LogP contribution >= 0.6 is 11.6 Å². The van der Waals surface area contributed by atoms with E-state index < -0.39 is 0 Å². The average Bonchev–Trinajstić information content (AvgIpc) is 2.72. The van der Waals surface area contributed by atoms with Gasteiger partial charge in [-0.3, -0.25) is 0 Å². The third-order valence-electron chi connectivity index (χ3n) is 2.65. The third-order valence-corrected chi connectivity index (χ3v) is 2.94. The molecule has 0 amide bonds. The van der Waals surface area contributed by atoms with Gasteiger partial charge in [-0.05, 0) is 38.1 Å². The van der Waals surface area contributed by atoms with E-state index in [1.807, 2.05) is 42.8 Å². The van der Waals surface area contributed by atoms with E-state index >= 15 is 0 Å². The Bertz CT molecular complexity index is 491. The van der Waals surface area contributed by atoms with Crippen molar-refractivity contribution in [2.45, 2.75) is 19.7 Å². The highest BCUT2D eigenvalue weighted by molar-refractivity contribution is 6.17. The fourth-order valence-electron chi connectivity index (χ4n) is 1.69. The summed E-state index contributed by atoms with van der Waals surface area (Å²) < 4.78 is 7.28. The van der Waals surface area contributed by atoms with Crippen LogP contribution in [0.15, 0.2) is 30.5 Å². The van der Waals surface area contributed by atoms with E-state index in [0.717, 1.165) is 22.7 Å². The molecule has 1 heterocycles. The van der Waals surface area contributed by atoms with Crippen molar-refractivity contribution in [1.29, 1.82) is 0 Å². The van der Waals surface area contributed by atoms with Crippen LogP contribution in [0.25, 0.3) is 5.69 Å². The smallest absolute Gasteiger partial charge is 0.119 e. The van der Waals surface area contributed by atoms with Crippen molar-refractivity contribution in [2.75, 3.05) is 6.61 Å². The van der Waals surface area contributed by atoms with Crippen LogP contribution in [0, 0.1) is 6.92 Å². The maximum Gasteiger partial charge on any atom is 0.119 e. The van der Waals surface area contributed by atoms with E-state index in [0.29, 0.717) is 12.5 Å². The number of halogens is 1. The second-order valence-electron chi connectivity index (χ2n) is 3.73. The van der Waals surface area contributed by atoms with Gasteiger partial charge in [0.1, 0.15) is 5.75 Å². The van der Waals surface area contributed by atoms with Crippen LogP contribution in [0.5, 0.6) is 5.75 Å². The SMILES string of the molecule is CCOc1ccc(-n2ncc(CCl)c2C)cc1. The molecule has 0 atom stereocenters. The van der Waals surface area contributed by atoms with Crippen molar-refractivity contribution in [3.8, 4) is 11.4 Å². The second kappa shape index (κ2) is 5.23. The predicted molar refractivity (Wildman–Crippen MR) is 69.0 cm³/mol. The molecule has 0 spiro atoms. The Balaban J connectivity index is 2.30. The van der Waals surface area contributed by atoms with Crippen molar-refractivity contribution in [3.63, 3.8) is 0 Å². The third kappa shape index (κ3) is 2.44. The van der Waals surface area contributed by atoms with Gasteiger partial charge in [0, 0.05) is 11.3 Å². The summed E-state index contributed by atoms with van der Waals surface area (Å²) in [4.78, 5) is 0. The van der Waals surface area contributed by atoms with Gasteiger partial charge in [0.25, 0.3) is 0 Å². The quantitative estimate of drug-likeness (QED) is 0.779. The maximum atomic E-state index is 5.83. The van der Waals surface area contributed by atoms with Crippen LogP contribution in [-0.2, 0) is 5.88 Å². The van der Waals surface area contributed by atoms with Gasteiger partial charge in [-0.1, -0.05) is 0 Å². The molecule has 2 rings (SSSR count). The number of alkyl halides is 1. The summed E-state index contributed by atoms with van der Waals surface area (Å²) in [5.74, 6) is 1.36. The molecular weight excluding hydrogens is 236 g/mol. The molecule has 0 saturated carbocycles. The summed E-state index contributed by atoms with van der Waals surface area (Å²) in [5, 5.41) is 4.32. The molecule has 0 fully saturated rings. The molecule has 17 heavy (non-hydrogen) atoms. The zero-order chi connectivity index (χ0) is 12.3. The average molecular weight is 251 g/mol. The van der Waals surface area contributed by atoms with Crippen LogP contribution in [0.2, 0.25) is 0 Å². The Morgan fingerprint density at radius 1 is 1.29 bits per heavy atom. The molecule has 0 bridgehead atoms. The minimum Gasteiger partial charge on any atom is -0.494 e. The van der Waals surface area contributed by atoms with Gasteiger partial charge in [-0.25, -0.2) is 4.68 Å². The molecule has 0 aliphatic carbocycles. The van der Waals surface area contributed by atoms with Gasteiger partial charge in [-0.2, -0.15) is 5.10 Å². The van der Waals surface area contributed by atoms with Crippen LogP contribution in [0.1, 0.15) is 18.2 Å². The molecule has 4 heteroatoms. The Morgan fingerprint density at radius 2 is 2.00 bits per heavy atom. The zero-order valence-corrected chi connectivity index (χ0v) is 10.7. The lowest BCUT2D eigenvalue weighted by atomic mass is 10.2. The van der Waals surface area contributed by atoms with Crippen molar-refractivity contribution in [3.05, 3.63) is 41.7 Å². The molecule has 0 saturated heterocycles. The van der Waals surface area contributed by atoms with Gasteiger partial charge >= 0.3 is 0 Å². The van der Waals surface area contributed by atoms with Gasteiger partial charge in [0.2, 0.25) is 0 Å². The number of nitrogens with zero attached hydrogens (tertiary/aromatic N) is 2. The van der Waals surface area contributed by atoms with E-state index in [1.165, 1.54) is 0 Å². The first-order chi connectivity index (χ1) is 8.26. The molecule has 90 valence electrons. The summed E-state index contributed by atoms with van der Waals surface area (Å²) in [7, 11) is 0. The number of hydrogen-bond donors (Lipinski definition) is 0. The van der Waals surface area contributed by atoms with Crippen LogP contribution < -0.4 is 4.74 Å². The van der Waals surface area contributed by atoms with E-state index in [9.17, 15) is 0 Å². The highest BCUT2D eigenvalue weighted by atomic mass is 35.5. The predicted octanol–water partition coefficient (Wildman–Crippen LogP) is 3.32. The lowest BCUT2D eigenvalue weighted by Gasteiger charge is -2.07. The first kappa shape index (κ1) is 12.0. The van der Waals surface area contributed by atoms with Gasteiger partial charge in [-0.15, -0.1) is 11.6 Å². The molecule has 1 aromatic heterocycles. The minimum absolute atomic E-state index is 0.489. The Labute approximate surface area is 106 Å². The van der Waals surface area contributed by atoms with Crippen molar-refractivity contribution in [1.82, 2.24) is 9.78 Å². The summed E-state index contributed by atoms with van der Waals surface area (Å²) in [6.07, 6.45) is 1.80. The fourth-order valence-corrected chi connectivity index (χ4v) is 1.95. The molecule has 2 aromatic rings. The summed E-state index contributed by atoms with van der Waals surface area (Å²) in [5.41, 5.74) is 3.15. The van der Waals surface area contributed by atoms with Gasteiger partial charge < -0.3 is 4.74 Å². The molecule has 0 aliphatic rings. The van der Waals surface area contributed by atoms with Crippen LogP contribution in [0.4, 0.5) is 0 Å². The number of hydrogen-bond acceptors (Lipinski definition) is 2. The summed E-state index contributed by atoms with van der Waals surface area (Å²) in [6.45, 7) is 4.66. The lowest BCUT2D eigenvalue weighted by Crippen LogP contribution is -1.99. The molecule has 0 N–H and O–H groups in total. The van der Waals surface area contributed by atoms with Gasteiger partial charge in [0.15, 0.2) is 0 Å². The first-order valence-electron chi connectivity index (χ1n) is 5.59. The standard InChI is InChI=1S/C13H15ClN2O/c1-3-17-13-6-4-12(5-7-13)16-10(2)11(8-14)9-15-16/h4-7,9H,3,8H2,1-2H3. The minimum atomic E-state index is 0.489. The number of benzene rings is 1. The largest absolute Gasteiger partial charge is 0.494 e. The molecular formula is C13H15ClN2O. The number of aromatic nitrogens is 2. The van der Waals surface area contributed by atoms with E-state index in [1.54, 1.807) is 6.20 Å². The highest BCUT2D eigenvalue weighted by Gasteiger charge is 2.06. The second-order valence-corrected chi connectivity index (χ2v) is 3.99. The topological polar surface area (TPSA) is 27.1 Å². The Morgan fingerprint density at radius 3 is 2.53 bits per heavy atom. The van der Waals surface area contributed by atoms with E-state index in [4.69, 9.17) is 16.3 Å². The maximum absolute atomic E-state index is 5.83. The van der Waals surface area contributed by atoms with Crippen molar-refractivity contribution < 1.29 is 4.74 Å². The Hall–Kier alpha value is -1.48. The fraction of sp³-hybridized carbons (Fsp3) is 0.308. The van der Waals surface area contributed by atoms with Crippen molar-refractivity contribution in [2.24, 2.45) is 0 Å². The molecule has 0 unspecified atom stereocenters. The monoisotopic (exact) mass is 250 g/mol. The highest BCUT2D eigenvalue weighted by Crippen LogP contribution is 2.18. The van der Waals surface area contributed by atoms with E-state index in [2.05, 4.69) is 5.10 Å². The normalized spacial score (nSPS) is 10.5. The van der Waals surface area contributed by atoms with E-state index in [-0.39, 0.29) is 0 Å². The first-order valence-corrected chi connectivity index (χ1v) is 6.12. The zero-order valence-electron chi connectivity index (χ0n) is 9.98. The van der Waals surface area contributed by atoms with Gasteiger partial charge in [0.05, 0.1) is 24.4 Å². The lowest BCUT2D eigenvalue weighted by molar-refractivity contribution is 0.340. The van der Waals surface area contributed by atoms with Crippen LogP contribution in [0.3, 0.4) is 0 Å². The Kier molecular flexibility index (Phi) is 3.69. The molecule has 3 nitrogen and oxygen atoms in total. The number of rotatable bonds is 4. The molecule has 1 aromatic carbocycles. The summed E-state index contributed by atoms with van der Waals surface area (Å²) in [6, 6.07) is 7.87. The summed E-state index contributed by atoms with van der Waals surface area (Å²) >= 11 is 5.83. The number of ether oxygens (including phenoxy) is 1.